The number of fused-ring (bicyclic) bond motifs is 1. The Bertz CT molecular complexity index is 1020. The molecule has 6 N–H and O–H groups in total. The summed E-state index contributed by atoms with van der Waals surface area (Å²) in [5.41, 5.74) is -0.160. The van der Waals surface area contributed by atoms with Crippen molar-refractivity contribution in [1.29, 1.82) is 0 Å². The lowest BCUT2D eigenvalue weighted by molar-refractivity contribution is -0.162. The van der Waals surface area contributed by atoms with Crippen LogP contribution in [0.15, 0.2) is 10.6 Å². The van der Waals surface area contributed by atoms with Crippen LogP contribution in [-0.2, 0) is 24.5 Å². The van der Waals surface area contributed by atoms with Gasteiger partial charge < -0.3 is 25.4 Å². The van der Waals surface area contributed by atoms with Gasteiger partial charge in [-0.05, 0) is 13.3 Å². The van der Waals surface area contributed by atoms with Gasteiger partial charge in [-0.3, -0.25) is 4.79 Å². The molecule has 1 unspecified atom stereocenters. The van der Waals surface area contributed by atoms with Crippen LogP contribution in [0, 0.1) is 11.8 Å². The summed E-state index contributed by atoms with van der Waals surface area (Å²) in [6.45, 7) is 1.95. The number of halogens is 3. The van der Waals surface area contributed by atoms with E-state index >= 15 is 0 Å². The predicted molar refractivity (Wildman–Crippen MR) is 117 cm³/mol. The number of nitrogens with zero attached hydrogens (tertiary/aromatic N) is 1. The zero-order chi connectivity index (χ0) is 26.3. The molecule has 3 aliphatic rings. The number of alkyl carbamates (subject to hydrolysis) is 1. The van der Waals surface area contributed by atoms with Gasteiger partial charge in [0, 0.05) is 41.2 Å². The van der Waals surface area contributed by atoms with Gasteiger partial charge in [0.15, 0.2) is 6.61 Å². The molecule has 198 valence electrons. The van der Waals surface area contributed by atoms with E-state index in [-0.39, 0.29) is 23.5 Å². The van der Waals surface area contributed by atoms with Gasteiger partial charge in [0.2, 0.25) is 5.91 Å². The highest BCUT2D eigenvalue weighted by atomic mass is 32.2. The first-order valence-electron chi connectivity index (χ1n) is 10.6. The van der Waals surface area contributed by atoms with E-state index in [4.69, 9.17) is 5.14 Å². The van der Waals surface area contributed by atoms with Gasteiger partial charge in [-0.15, -0.1) is 11.8 Å². The molecule has 0 aliphatic carbocycles. The molecule has 3 rings (SSSR count). The number of rotatable bonds is 9. The number of nitrogens with one attached hydrogen (secondary N) is 3. The number of carboxylic acids is 1. The number of aliphatic carboxylic acids is 1. The Morgan fingerprint density at radius 3 is 2.63 bits per heavy atom. The minimum atomic E-state index is -4.70. The summed E-state index contributed by atoms with van der Waals surface area (Å²) in [5.74, 6) is -3.11. The summed E-state index contributed by atoms with van der Waals surface area (Å²) in [7, 11) is -3.85. The standard InChI is InChI=1S/C18H26F3N5O7S2/c1-7-12-11(8(2)25-17(30)33-6-18(19,20)21)15(27)26(12)13(16(28)29)14(7)34-10-3-9(23-5-10)4-24-35(22,31)32/h7-12,23-24H,3-6H2,1-2H3,(H,25,30)(H,28,29)(H2,22,31,32)/t7-,8?,9+,10+,11-,12-/m1/s1. The maximum atomic E-state index is 12.8. The van der Waals surface area contributed by atoms with Crippen LogP contribution in [0.4, 0.5) is 18.0 Å². The number of nitrogens with two attached hydrogens (primary N) is 1. The summed E-state index contributed by atoms with van der Waals surface area (Å²) in [6, 6.07) is -1.70. The highest BCUT2D eigenvalue weighted by molar-refractivity contribution is 8.03. The van der Waals surface area contributed by atoms with Crippen molar-refractivity contribution in [2.45, 2.75) is 49.8 Å². The topological polar surface area (TPSA) is 180 Å². The molecule has 0 spiro atoms. The van der Waals surface area contributed by atoms with Crippen molar-refractivity contribution in [2.24, 2.45) is 17.0 Å². The summed E-state index contributed by atoms with van der Waals surface area (Å²) in [4.78, 5) is 38.2. The van der Waals surface area contributed by atoms with E-state index in [9.17, 15) is 41.1 Å². The Hall–Kier alpha value is -2.08. The van der Waals surface area contributed by atoms with Crippen molar-refractivity contribution >= 4 is 39.9 Å². The summed E-state index contributed by atoms with van der Waals surface area (Å²) in [5, 5.41) is 20.0. The molecule has 3 heterocycles. The summed E-state index contributed by atoms with van der Waals surface area (Å²) in [6.07, 6.45) is -5.51. The number of β-lactam (4-membered cyclic amide) rings is 1. The second-order valence-electron chi connectivity index (χ2n) is 8.63. The molecule has 0 saturated carbocycles. The quantitative estimate of drug-likeness (QED) is 0.243. The fraction of sp³-hybridized carbons (Fsp3) is 0.722. The van der Waals surface area contributed by atoms with Crippen LogP contribution in [0.2, 0.25) is 0 Å². The van der Waals surface area contributed by atoms with Crippen LogP contribution in [0.5, 0.6) is 0 Å². The first-order chi connectivity index (χ1) is 16.1. The first-order valence-corrected chi connectivity index (χ1v) is 13.0. The van der Waals surface area contributed by atoms with Gasteiger partial charge in [-0.2, -0.15) is 21.6 Å². The van der Waals surface area contributed by atoms with Crippen LogP contribution in [0.1, 0.15) is 20.3 Å². The number of amides is 2. The van der Waals surface area contributed by atoms with Gasteiger partial charge in [0.25, 0.3) is 10.2 Å². The number of hydrogen-bond acceptors (Lipinski definition) is 8. The average Bonchev–Trinajstić information content (AvgIpc) is 3.25. The molecule has 6 atom stereocenters. The van der Waals surface area contributed by atoms with Crippen LogP contribution in [0.3, 0.4) is 0 Å². The minimum Gasteiger partial charge on any atom is -0.477 e. The molecule has 0 bridgehead atoms. The molecular weight excluding hydrogens is 519 g/mol. The van der Waals surface area contributed by atoms with E-state index in [1.807, 2.05) is 0 Å². The van der Waals surface area contributed by atoms with Crippen molar-refractivity contribution in [3.63, 3.8) is 0 Å². The van der Waals surface area contributed by atoms with Crippen molar-refractivity contribution in [3.05, 3.63) is 10.6 Å². The molecule has 12 nitrogen and oxygen atoms in total. The largest absolute Gasteiger partial charge is 0.477 e. The van der Waals surface area contributed by atoms with Gasteiger partial charge in [-0.25, -0.2) is 19.5 Å². The third-order valence-electron chi connectivity index (χ3n) is 6.05. The van der Waals surface area contributed by atoms with Gasteiger partial charge in [0.05, 0.1) is 12.0 Å². The predicted octanol–water partition coefficient (Wildman–Crippen LogP) is -0.307. The summed E-state index contributed by atoms with van der Waals surface area (Å²) >= 11 is 1.28. The SMILES string of the molecule is CC(NC(=O)OCC(F)(F)F)[C@H]1C(=O)N2C(C(=O)O)=C(S[C@@H]3CN[C@H](CNS(N)(=O)=O)C3)[C@H](C)[C@H]12. The number of hydrogen-bond donors (Lipinski definition) is 5. The molecule has 0 radical (unpaired) electrons. The molecule has 3 aliphatic heterocycles. The third kappa shape index (κ3) is 6.38. The van der Waals surface area contributed by atoms with Crippen molar-refractivity contribution in [3.8, 4) is 0 Å². The fourth-order valence-corrected chi connectivity index (χ4v) is 6.54. The smallest absolute Gasteiger partial charge is 0.422 e. The molecule has 35 heavy (non-hydrogen) atoms. The van der Waals surface area contributed by atoms with Crippen LogP contribution in [-0.4, -0.2) is 85.6 Å². The van der Waals surface area contributed by atoms with Gasteiger partial charge in [0.1, 0.15) is 5.70 Å². The Kier molecular flexibility index (Phi) is 7.95. The molecule has 0 aromatic heterocycles. The van der Waals surface area contributed by atoms with Crippen molar-refractivity contribution in [2.75, 3.05) is 19.7 Å². The number of thioether (sulfide) groups is 1. The van der Waals surface area contributed by atoms with Crippen LogP contribution >= 0.6 is 11.8 Å². The van der Waals surface area contributed by atoms with E-state index in [1.165, 1.54) is 18.7 Å². The van der Waals surface area contributed by atoms with E-state index in [2.05, 4.69) is 20.1 Å². The molecular formula is C18H26F3N5O7S2. The van der Waals surface area contributed by atoms with Crippen LogP contribution < -0.4 is 20.5 Å². The molecule has 2 fully saturated rings. The van der Waals surface area contributed by atoms with Crippen molar-refractivity contribution in [1.82, 2.24) is 20.3 Å². The Morgan fingerprint density at radius 2 is 2.06 bits per heavy atom. The maximum absolute atomic E-state index is 12.8. The van der Waals surface area contributed by atoms with E-state index in [1.54, 1.807) is 6.92 Å². The maximum Gasteiger partial charge on any atom is 0.422 e. The lowest BCUT2D eigenvalue weighted by atomic mass is 9.78. The Balaban J connectivity index is 1.65. The molecule has 2 amide bonds. The van der Waals surface area contributed by atoms with E-state index in [0.717, 1.165) is 4.90 Å². The molecule has 2 saturated heterocycles. The van der Waals surface area contributed by atoms with Gasteiger partial charge >= 0.3 is 18.2 Å². The van der Waals surface area contributed by atoms with Gasteiger partial charge in [-0.1, -0.05) is 6.92 Å². The number of ether oxygens (including phenoxy) is 1. The van der Waals surface area contributed by atoms with E-state index in [0.29, 0.717) is 17.9 Å². The minimum absolute atomic E-state index is 0.0687. The third-order valence-corrected chi connectivity index (χ3v) is 8.13. The summed E-state index contributed by atoms with van der Waals surface area (Å²) < 4.78 is 65.3. The molecule has 0 aromatic carbocycles. The lowest BCUT2D eigenvalue weighted by Crippen LogP contribution is -2.66. The Morgan fingerprint density at radius 1 is 1.40 bits per heavy atom. The normalized spacial score (nSPS) is 29.6. The highest BCUT2D eigenvalue weighted by Gasteiger charge is 2.60. The fourth-order valence-electron chi connectivity index (χ4n) is 4.59. The number of carbonyl (C=O) groups excluding carboxylic acids is 2. The number of carboxylic acid groups (broad SMARTS) is 1. The molecule has 0 aromatic rings. The highest BCUT2D eigenvalue weighted by Crippen LogP contribution is 2.51. The molecule has 17 heteroatoms. The average molecular weight is 546 g/mol. The number of alkyl halides is 3. The Labute approximate surface area is 203 Å². The number of carbonyl (C=O) groups is 3. The second kappa shape index (κ2) is 10.1. The van der Waals surface area contributed by atoms with E-state index < -0.39 is 64.9 Å². The first kappa shape index (κ1) is 27.5. The second-order valence-corrected chi connectivity index (χ2v) is 11.4. The zero-order valence-electron chi connectivity index (χ0n) is 18.7. The van der Waals surface area contributed by atoms with Crippen LogP contribution in [0.25, 0.3) is 0 Å². The monoisotopic (exact) mass is 545 g/mol. The zero-order valence-corrected chi connectivity index (χ0v) is 20.3. The van der Waals surface area contributed by atoms with Crippen molar-refractivity contribution < 1.29 is 45.8 Å². The lowest BCUT2D eigenvalue weighted by Gasteiger charge is -2.47.